The van der Waals surface area contributed by atoms with Gasteiger partial charge in [-0.25, -0.2) is 0 Å². The van der Waals surface area contributed by atoms with E-state index in [9.17, 15) is 9.59 Å². The third-order valence-electron chi connectivity index (χ3n) is 2.48. The lowest BCUT2D eigenvalue weighted by atomic mass is 10.2. The summed E-state index contributed by atoms with van der Waals surface area (Å²) in [5.74, 6) is -1.01. The molecule has 0 bridgehead atoms. The molecule has 0 aliphatic carbocycles. The van der Waals surface area contributed by atoms with Crippen LogP contribution in [0.25, 0.3) is 0 Å². The smallest absolute Gasteiger partial charge is 0.278 e. The van der Waals surface area contributed by atoms with Crippen molar-refractivity contribution in [3.05, 3.63) is 41.7 Å². The molecule has 0 spiro atoms. The Hall–Kier alpha value is -2.83. The van der Waals surface area contributed by atoms with Gasteiger partial charge < -0.3 is 16.8 Å². The van der Waals surface area contributed by atoms with Gasteiger partial charge in [0.05, 0.1) is 5.69 Å². The first-order chi connectivity index (χ1) is 8.97. The van der Waals surface area contributed by atoms with Crippen LogP contribution >= 0.6 is 0 Å². The minimum atomic E-state index is -0.562. The molecule has 0 aliphatic rings. The Morgan fingerprint density at radius 1 is 1.37 bits per heavy atom. The molecule has 2 aromatic rings. The van der Waals surface area contributed by atoms with Crippen molar-refractivity contribution in [2.45, 2.75) is 0 Å². The van der Waals surface area contributed by atoms with Crippen LogP contribution in [0.1, 0.15) is 20.8 Å². The molecular weight excluding hydrogens is 246 g/mol. The van der Waals surface area contributed by atoms with Crippen LogP contribution in [0.5, 0.6) is 0 Å². The van der Waals surface area contributed by atoms with Gasteiger partial charge in [-0.15, -0.1) is 0 Å². The number of rotatable bonds is 3. The van der Waals surface area contributed by atoms with Gasteiger partial charge in [0, 0.05) is 24.5 Å². The molecule has 7 heteroatoms. The number of nitrogens with zero attached hydrogens (tertiary/aromatic N) is 2. The van der Waals surface area contributed by atoms with E-state index < -0.39 is 11.8 Å². The van der Waals surface area contributed by atoms with Crippen molar-refractivity contribution in [1.29, 1.82) is 0 Å². The molecule has 2 rings (SSSR count). The molecule has 0 saturated carbocycles. The fourth-order valence-electron chi connectivity index (χ4n) is 1.62. The SMILES string of the molecule is Cn1cc(N)c(C(=O)Nc2cccc(C(N)=O)c2)n1. The molecule has 0 unspecified atom stereocenters. The Kier molecular flexibility index (Phi) is 3.19. The second kappa shape index (κ2) is 4.81. The summed E-state index contributed by atoms with van der Waals surface area (Å²) in [7, 11) is 1.67. The van der Waals surface area contributed by atoms with E-state index in [1.807, 2.05) is 0 Å². The van der Waals surface area contributed by atoms with Crippen LogP contribution in [-0.4, -0.2) is 21.6 Å². The molecule has 1 aromatic carbocycles. The fourth-order valence-corrected chi connectivity index (χ4v) is 1.62. The number of benzene rings is 1. The van der Waals surface area contributed by atoms with Gasteiger partial charge in [-0.1, -0.05) is 6.07 Å². The molecule has 1 heterocycles. The first kappa shape index (κ1) is 12.6. The Morgan fingerprint density at radius 3 is 2.68 bits per heavy atom. The summed E-state index contributed by atoms with van der Waals surface area (Å²) in [5, 5.41) is 6.56. The summed E-state index contributed by atoms with van der Waals surface area (Å²) < 4.78 is 1.45. The van der Waals surface area contributed by atoms with Gasteiger partial charge >= 0.3 is 0 Å². The standard InChI is InChI=1S/C12H13N5O2/c1-17-6-9(13)10(16-17)12(19)15-8-4-2-3-7(5-8)11(14)18/h2-6H,13H2,1H3,(H2,14,18)(H,15,19). The van der Waals surface area contributed by atoms with E-state index in [1.165, 1.54) is 16.9 Å². The van der Waals surface area contributed by atoms with Crippen LogP contribution < -0.4 is 16.8 Å². The van der Waals surface area contributed by atoms with Crippen molar-refractivity contribution in [2.75, 3.05) is 11.1 Å². The quantitative estimate of drug-likeness (QED) is 0.737. The maximum atomic E-state index is 11.9. The van der Waals surface area contributed by atoms with Crippen LogP contribution in [0.2, 0.25) is 0 Å². The Morgan fingerprint density at radius 2 is 2.11 bits per heavy atom. The largest absolute Gasteiger partial charge is 0.396 e. The molecule has 0 fully saturated rings. The Bertz CT molecular complexity index is 647. The van der Waals surface area contributed by atoms with Gasteiger partial charge in [-0.3, -0.25) is 14.3 Å². The highest BCUT2D eigenvalue weighted by atomic mass is 16.2. The number of anilines is 2. The van der Waals surface area contributed by atoms with Gasteiger partial charge in [0.1, 0.15) is 0 Å². The second-order valence-corrected chi connectivity index (χ2v) is 4.01. The van der Waals surface area contributed by atoms with Crippen LogP contribution in [0.15, 0.2) is 30.5 Å². The molecule has 98 valence electrons. The zero-order valence-corrected chi connectivity index (χ0v) is 10.3. The summed E-state index contributed by atoms with van der Waals surface area (Å²) in [6, 6.07) is 6.31. The third kappa shape index (κ3) is 2.71. The van der Waals surface area contributed by atoms with Crippen molar-refractivity contribution in [3.63, 3.8) is 0 Å². The molecule has 0 atom stereocenters. The minimum Gasteiger partial charge on any atom is -0.396 e. The van der Waals surface area contributed by atoms with Crippen molar-refractivity contribution < 1.29 is 9.59 Å². The van der Waals surface area contributed by atoms with Crippen molar-refractivity contribution in [3.8, 4) is 0 Å². The number of hydrogen-bond acceptors (Lipinski definition) is 4. The van der Waals surface area contributed by atoms with Crippen molar-refractivity contribution in [1.82, 2.24) is 9.78 Å². The van der Waals surface area contributed by atoms with Gasteiger partial charge in [0.15, 0.2) is 5.69 Å². The average molecular weight is 259 g/mol. The van der Waals surface area contributed by atoms with Crippen LogP contribution in [-0.2, 0) is 7.05 Å². The number of hydrogen-bond donors (Lipinski definition) is 3. The normalized spacial score (nSPS) is 10.2. The molecule has 0 aliphatic heterocycles. The lowest BCUT2D eigenvalue weighted by Gasteiger charge is -2.05. The summed E-state index contributed by atoms with van der Waals surface area (Å²) >= 11 is 0. The van der Waals surface area contributed by atoms with Crippen molar-refractivity contribution >= 4 is 23.2 Å². The number of nitrogens with two attached hydrogens (primary N) is 2. The number of carbonyl (C=O) groups is 2. The molecule has 1 aromatic heterocycles. The lowest BCUT2D eigenvalue weighted by Crippen LogP contribution is -2.16. The summed E-state index contributed by atoms with van der Waals surface area (Å²) in [6.45, 7) is 0. The Balaban J connectivity index is 2.21. The number of nitrogens with one attached hydrogen (secondary N) is 1. The number of primary amides is 1. The van der Waals surface area contributed by atoms with E-state index in [4.69, 9.17) is 11.5 Å². The molecule has 7 nitrogen and oxygen atoms in total. The predicted octanol–water partition coefficient (Wildman–Crippen LogP) is 0.354. The third-order valence-corrected chi connectivity index (χ3v) is 2.48. The zero-order valence-electron chi connectivity index (χ0n) is 10.3. The fraction of sp³-hybridized carbons (Fsp3) is 0.0833. The molecule has 0 saturated heterocycles. The van der Waals surface area contributed by atoms with Gasteiger partial charge in [-0.2, -0.15) is 5.10 Å². The molecule has 5 N–H and O–H groups in total. The van der Waals surface area contributed by atoms with Gasteiger partial charge in [0.2, 0.25) is 5.91 Å². The monoisotopic (exact) mass is 259 g/mol. The summed E-state index contributed by atoms with van der Waals surface area (Å²) in [6.07, 6.45) is 1.54. The summed E-state index contributed by atoms with van der Waals surface area (Å²) in [4.78, 5) is 23.0. The van der Waals surface area contributed by atoms with E-state index in [0.29, 0.717) is 11.3 Å². The van der Waals surface area contributed by atoms with E-state index in [0.717, 1.165) is 0 Å². The molecular formula is C12H13N5O2. The van der Waals surface area contributed by atoms with Crippen LogP contribution in [0.4, 0.5) is 11.4 Å². The predicted molar refractivity (Wildman–Crippen MR) is 70.5 cm³/mol. The number of aromatic nitrogens is 2. The van der Waals surface area contributed by atoms with Crippen LogP contribution in [0, 0.1) is 0 Å². The van der Waals surface area contributed by atoms with E-state index in [-0.39, 0.29) is 11.4 Å². The zero-order chi connectivity index (χ0) is 14.0. The highest BCUT2D eigenvalue weighted by Crippen LogP contribution is 2.14. The lowest BCUT2D eigenvalue weighted by molar-refractivity contribution is 0.0995. The molecule has 19 heavy (non-hydrogen) atoms. The first-order valence-corrected chi connectivity index (χ1v) is 5.47. The van der Waals surface area contributed by atoms with Crippen molar-refractivity contribution in [2.24, 2.45) is 12.8 Å². The average Bonchev–Trinajstić information content (AvgIpc) is 2.69. The topological polar surface area (TPSA) is 116 Å². The first-order valence-electron chi connectivity index (χ1n) is 5.47. The summed E-state index contributed by atoms with van der Waals surface area (Å²) in [5.41, 5.74) is 12.0. The second-order valence-electron chi connectivity index (χ2n) is 4.01. The number of carbonyl (C=O) groups excluding carboxylic acids is 2. The van der Waals surface area contributed by atoms with Gasteiger partial charge in [-0.05, 0) is 18.2 Å². The maximum Gasteiger partial charge on any atom is 0.278 e. The highest BCUT2D eigenvalue weighted by Gasteiger charge is 2.14. The minimum absolute atomic E-state index is 0.131. The van der Waals surface area contributed by atoms with E-state index in [2.05, 4.69) is 10.4 Å². The maximum absolute atomic E-state index is 11.9. The van der Waals surface area contributed by atoms with Crippen LogP contribution in [0.3, 0.4) is 0 Å². The van der Waals surface area contributed by atoms with E-state index in [1.54, 1.807) is 25.2 Å². The number of aryl methyl sites for hydroxylation is 1. The van der Waals surface area contributed by atoms with E-state index >= 15 is 0 Å². The number of amides is 2. The molecule has 2 amide bonds. The molecule has 0 radical (unpaired) electrons. The van der Waals surface area contributed by atoms with Gasteiger partial charge in [0.25, 0.3) is 5.91 Å². The highest BCUT2D eigenvalue weighted by molar-refractivity contribution is 6.06. The number of nitrogen functional groups attached to an aromatic ring is 1. The Labute approximate surface area is 109 Å².